The Morgan fingerprint density at radius 2 is 1.00 bits per heavy atom. The second-order valence-corrected chi connectivity index (χ2v) is 4.06. The molecule has 0 radical (unpaired) electrons. The Balaban J connectivity index is 0. The Kier molecular flexibility index (Phi) is 14.4. The summed E-state index contributed by atoms with van der Waals surface area (Å²) < 4.78 is 0. The van der Waals surface area contributed by atoms with E-state index >= 15 is 0 Å². The number of aliphatic carboxylic acids is 3. The van der Waals surface area contributed by atoms with Gasteiger partial charge in [-0.2, -0.15) is 5.26 Å². The van der Waals surface area contributed by atoms with Crippen LogP contribution in [-0.4, -0.2) is 44.5 Å². The molecule has 9 nitrogen and oxygen atoms in total. The molecule has 0 amide bonds. The number of hydrogen-bond donors (Lipinski definition) is 4. The highest BCUT2D eigenvalue weighted by Crippen LogP contribution is 2.04. The van der Waals surface area contributed by atoms with Gasteiger partial charge in [-0.05, 0) is 12.8 Å². The van der Waals surface area contributed by atoms with Gasteiger partial charge in [0.25, 0.3) is 0 Å². The number of carbonyl (C=O) groups is 4. The summed E-state index contributed by atoms with van der Waals surface area (Å²) >= 11 is 0. The highest BCUT2D eigenvalue weighted by molar-refractivity contribution is 5.76. The average Bonchev–Trinajstić information content (AvgIpc) is 2.40. The van der Waals surface area contributed by atoms with Crippen molar-refractivity contribution in [1.29, 1.82) is 0 Å². The zero-order chi connectivity index (χ0) is 16.7. The Labute approximate surface area is 121 Å². The Morgan fingerprint density at radius 3 is 1.29 bits per heavy atom. The molecule has 0 atom stereocenters. The van der Waals surface area contributed by atoms with E-state index in [1.165, 1.54) is 0 Å². The lowest BCUT2D eigenvalue weighted by atomic mass is 10.1. The maximum absolute atomic E-state index is 10.0. The molecule has 0 aromatic carbocycles. The van der Waals surface area contributed by atoms with Gasteiger partial charge in [0, 0.05) is 12.8 Å². The van der Waals surface area contributed by atoms with Crippen LogP contribution >= 0.6 is 0 Å². The van der Waals surface area contributed by atoms with Crippen molar-refractivity contribution < 1.29 is 44.6 Å². The fraction of sp³-hybridized carbons (Fsp3) is 0.667. The molecule has 0 aliphatic rings. The number of rotatable bonds is 10. The summed E-state index contributed by atoms with van der Waals surface area (Å²) in [6.45, 7) is 0. The van der Waals surface area contributed by atoms with E-state index in [1.54, 1.807) is 0 Å². The first-order valence-electron chi connectivity index (χ1n) is 6.29. The smallest absolute Gasteiger partial charge is 0.342 e. The third-order valence-corrected chi connectivity index (χ3v) is 2.18. The molecule has 0 saturated carbocycles. The van der Waals surface area contributed by atoms with Crippen LogP contribution in [0.25, 0.3) is 0 Å². The molecule has 0 saturated heterocycles. The van der Waals surface area contributed by atoms with Gasteiger partial charge < -0.3 is 20.2 Å². The van der Waals surface area contributed by atoms with Crippen LogP contribution in [0, 0.1) is 0 Å². The first-order chi connectivity index (χ1) is 9.79. The molecule has 4 N–H and O–H groups in total. The number of hydrogen-bond acceptors (Lipinski definition) is 6. The molecular formula is C12H20O9. The van der Waals surface area contributed by atoms with Gasteiger partial charge in [-0.15, -0.1) is 0 Å². The van der Waals surface area contributed by atoms with Crippen LogP contribution in [-0.2, 0) is 24.1 Å². The van der Waals surface area contributed by atoms with Crippen LogP contribution in [0.3, 0.4) is 0 Å². The summed E-state index contributed by atoms with van der Waals surface area (Å²) in [4.78, 5) is 43.0. The fourth-order valence-corrected chi connectivity index (χ4v) is 1.16. The van der Waals surface area contributed by atoms with Crippen LogP contribution in [0.2, 0.25) is 0 Å². The van der Waals surface area contributed by atoms with Crippen LogP contribution < -0.4 is 0 Å². The van der Waals surface area contributed by atoms with Gasteiger partial charge in [0.15, 0.2) is 0 Å². The van der Waals surface area contributed by atoms with Gasteiger partial charge in [0.05, 0.1) is 12.8 Å². The Hall–Kier alpha value is -2.16. The molecule has 0 aromatic rings. The van der Waals surface area contributed by atoms with E-state index < -0.39 is 23.9 Å². The van der Waals surface area contributed by atoms with Crippen molar-refractivity contribution in [2.45, 2.75) is 51.4 Å². The molecule has 0 spiro atoms. The quantitative estimate of drug-likeness (QED) is 0.265. The van der Waals surface area contributed by atoms with Crippen molar-refractivity contribution in [3.63, 3.8) is 0 Å². The molecule has 9 heteroatoms. The van der Waals surface area contributed by atoms with Crippen molar-refractivity contribution in [2.24, 2.45) is 0 Å². The van der Waals surface area contributed by atoms with Crippen molar-refractivity contribution in [2.75, 3.05) is 0 Å². The molecule has 0 aliphatic carbocycles. The second-order valence-electron chi connectivity index (χ2n) is 4.06. The number of carboxylic acid groups (broad SMARTS) is 3. The topological polar surface area (TPSA) is 158 Å². The highest BCUT2D eigenvalue weighted by Gasteiger charge is 2.04. The summed E-state index contributed by atoms with van der Waals surface area (Å²) in [6.07, 6.45) is 2.66. The van der Waals surface area contributed by atoms with E-state index in [9.17, 15) is 19.2 Å². The molecule has 0 aromatic heterocycles. The van der Waals surface area contributed by atoms with E-state index in [4.69, 9.17) is 20.6 Å². The predicted molar refractivity (Wildman–Crippen MR) is 68.6 cm³/mol. The lowest BCUT2D eigenvalue weighted by molar-refractivity contribution is -0.234. The van der Waals surface area contributed by atoms with Crippen LogP contribution in [0.5, 0.6) is 0 Å². The summed E-state index contributed by atoms with van der Waals surface area (Å²) in [6, 6.07) is 0. The fourth-order valence-electron chi connectivity index (χ4n) is 1.16. The first kappa shape index (κ1) is 21.1. The molecule has 0 unspecified atom stereocenters. The van der Waals surface area contributed by atoms with Gasteiger partial charge in [-0.25, -0.2) is 4.79 Å². The molecule has 0 aliphatic heterocycles. The number of unbranched alkanes of at least 4 members (excludes halogenated alkanes) is 3. The summed E-state index contributed by atoms with van der Waals surface area (Å²) in [7, 11) is 0. The maximum Gasteiger partial charge on any atom is 0.342 e. The summed E-state index contributed by atoms with van der Waals surface area (Å²) in [5.74, 6) is -3.60. The third kappa shape index (κ3) is 23.4. The van der Waals surface area contributed by atoms with Crippen molar-refractivity contribution in [1.82, 2.24) is 0 Å². The Bertz CT molecular complexity index is 320. The molecule has 122 valence electrons. The maximum atomic E-state index is 10.0. The largest absolute Gasteiger partial charge is 0.481 e. The van der Waals surface area contributed by atoms with Gasteiger partial charge in [-0.1, -0.05) is 12.8 Å². The van der Waals surface area contributed by atoms with E-state index in [0.717, 1.165) is 12.8 Å². The zero-order valence-corrected chi connectivity index (χ0v) is 11.5. The third-order valence-electron chi connectivity index (χ3n) is 2.18. The van der Waals surface area contributed by atoms with Crippen LogP contribution in [0.1, 0.15) is 51.4 Å². The van der Waals surface area contributed by atoms with Gasteiger partial charge in [0.2, 0.25) is 0 Å². The SMILES string of the molecule is O=C(O)CCC(=O)OO.O=C(O)CCCCCCC(=O)O. The van der Waals surface area contributed by atoms with Gasteiger partial charge in [0.1, 0.15) is 0 Å². The molecular weight excluding hydrogens is 288 g/mol. The lowest BCUT2D eigenvalue weighted by Gasteiger charge is -1.96. The summed E-state index contributed by atoms with van der Waals surface area (Å²) in [5, 5.41) is 32.1. The minimum absolute atomic E-state index is 0.188. The van der Waals surface area contributed by atoms with E-state index in [-0.39, 0.29) is 25.7 Å². The van der Waals surface area contributed by atoms with Gasteiger partial charge >= 0.3 is 23.9 Å². The molecule has 0 bridgehead atoms. The lowest BCUT2D eigenvalue weighted by Crippen LogP contribution is -2.04. The monoisotopic (exact) mass is 308 g/mol. The van der Waals surface area contributed by atoms with Crippen LogP contribution in [0.15, 0.2) is 0 Å². The predicted octanol–water partition coefficient (Wildman–Crippen LogP) is 1.36. The number of carboxylic acids is 3. The van der Waals surface area contributed by atoms with E-state index in [2.05, 4.69) is 4.89 Å². The zero-order valence-electron chi connectivity index (χ0n) is 11.5. The first-order valence-corrected chi connectivity index (χ1v) is 6.29. The highest BCUT2D eigenvalue weighted by atomic mass is 17.1. The molecule has 0 rings (SSSR count). The molecule has 0 heterocycles. The average molecular weight is 308 g/mol. The van der Waals surface area contributed by atoms with E-state index in [0.29, 0.717) is 12.8 Å². The van der Waals surface area contributed by atoms with Gasteiger partial charge in [-0.3, -0.25) is 14.4 Å². The van der Waals surface area contributed by atoms with Crippen molar-refractivity contribution >= 4 is 23.9 Å². The van der Waals surface area contributed by atoms with Crippen molar-refractivity contribution in [3.05, 3.63) is 0 Å². The second kappa shape index (κ2) is 14.3. The normalized spacial score (nSPS) is 9.19. The standard InChI is InChI=1S/C8H14O4.C4H6O5/c9-7(10)5-3-1-2-4-6-8(11)12;5-3(6)1-2-4(7)9-8/h1-6H2,(H,9,10)(H,11,12);8H,1-2H2,(H,5,6). The van der Waals surface area contributed by atoms with Crippen LogP contribution in [0.4, 0.5) is 0 Å². The minimum Gasteiger partial charge on any atom is -0.481 e. The van der Waals surface area contributed by atoms with E-state index in [1.807, 2.05) is 0 Å². The molecule has 0 fully saturated rings. The molecule has 21 heavy (non-hydrogen) atoms. The van der Waals surface area contributed by atoms with Crippen molar-refractivity contribution in [3.8, 4) is 0 Å². The Morgan fingerprint density at radius 1 is 0.619 bits per heavy atom. The summed E-state index contributed by atoms with van der Waals surface area (Å²) in [5.41, 5.74) is 0. The number of carbonyl (C=O) groups excluding carboxylic acids is 1. The minimum atomic E-state index is -1.10.